The number of anilines is 1. The molecular formula is C15H22BrN. The van der Waals surface area contributed by atoms with Gasteiger partial charge in [0.25, 0.3) is 0 Å². The van der Waals surface area contributed by atoms with E-state index < -0.39 is 0 Å². The van der Waals surface area contributed by atoms with Crippen molar-refractivity contribution in [2.24, 2.45) is 5.41 Å². The fourth-order valence-electron chi connectivity index (χ4n) is 2.48. The van der Waals surface area contributed by atoms with Gasteiger partial charge in [0, 0.05) is 24.1 Å². The lowest BCUT2D eigenvalue weighted by molar-refractivity contribution is 0.325. The Kier molecular flexibility index (Phi) is 4.13. The monoisotopic (exact) mass is 295 g/mol. The van der Waals surface area contributed by atoms with Crippen LogP contribution in [0.1, 0.15) is 38.7 Å². The molecule has 94 valence electrons. The van der Waals surface area contributed by atoms with Crippen LogP contribution < -0.4 is 4.90 Å². The third-order valence-corrected chi connectivity index (χ3v) is 4.44. The highest BCUT2D eigenvalue weighted by Crippen LogP contribution is 2.31. The Bertz CT molecular complexity index is 356. The van der Waals surface area contributed by atoms with Crippen LogP contribution in [0.5, 0.6) is 0 Å². The van der Waals surface area contributed by atoms with Crippen LogP contribution in [-0.2, 0) is 5.33 Å². The van der Waals surface area contributed by atoms with Crippen LogP contribution in [-0.4, -0.2) is 13.1 Å². The maximum absolute atomic E-state index is 3.49. The minimum absolute atomic E-state index is 0.518. The number of rotatable bonds is 2. The summed E-state index contributed by atoms with van der Waals surface area (Å²) in [7, 11) is 0. The number of alkyl halides is 1. The van der Waals surface area contributed by atoms with Crippen molar-refractivity contribution in [2.45, 2.75) is 38.4 Å². The second-order valence-electron chi connectivity index (χ2n) is 5.80. The van der Waals surface area contributed by atoms with Gasteiger partial charge in [-0.1, -0.05) is 41.9 Å². The average Bonchev–Trinajstić information content (AvgIpc) is 2.50. The molecule has 1 heterocycles. The molecule has 0 unspecified atom stereocenters. The van der Waals surface area contributed by atoms with E-state index in [9.17, 15) is 0 Å². The third-order valence-electron chi connectivity index (χ3n) is 3.80. The van der Waals surface area contributed by atoms with Gasteiger partial charge < -0.3 is 4.90 Å². The van der Waals surface area contributed by atoms with Gasteiger partial charge in [0.15, 0.2) is 0 Å². The highest BCUT2D eigenvalue weighted by atomic mass is 79.9. The van der Waals surface area contributed by atoms with E-state index in [-0.39, 0.29) is 0 Å². The zero-order valence-corrected chi connectivity index (χ0v) is 12.5. The fraction of sp³-hybridized carbons (Fsp3) is 0.600. The van der Waals surface area contributed by atoms with Gasteiger partial charge in [-0.2, -0.15) is 0 Å². The fourth-order valence-corrected chi connectivity index (χ4v) is 2.85. The van der Waals surface area contributed by atoms with E-state index in [1.807, 2.05) is 0 Å². The lowest BCUT2D eigenvalue weighted by atomic mass is 9.85. The summed E-state index contributed by atoms with van der Waals surface area (Å²) in [6.45, 7) is 7.19. The van der Waals surface area contributed by atoms with Crippen molar-refractivity contribution in [3.05, 3.63) is 29.8 Å². The highest BCUT2D eigenvalue weighted by Gasteiger charge is 2.22. The number of hydrogen-bond acceptors (Lipinski definition) is 1. The topological polar surface area (TPSA) is 3.24 Å². The summed E-state index contributed by atoms with van der Waals surface area (Å²) in [5.41, 5.74) is 3.25. The van der Waals surface area contributed by atoms with Gasteiger partial charge >= 0.3 is 0 Å². The molecule has 1 aliphatic heterocycles. The summed E-state index contributed by atoms with van der Waals surface area (Å²) in [6.07, 6.45) is 3.96. The van der Waals surface area contributed by atoms with E-state index in [1.165, 1.54) is 43.6 Å². The molecule has 1 nitrogen and oxygen atoms in total. The summed E-state index contributed by atoms with van der Waals surface area (Å²) in [5, 5.41) is 0.945. The second kappa shape index (κ2) is 5.43. The lowest BCUT2D eigenvalue weighted by Crippen LogP contribution is -2.24. The Morgan fingerprint density at radius 1 is 1.12 bits per heavy atom. The molecule has 1 aliphatic rings. The highest BCUT2D eigenvalue weighted by molar-refractivity contribution is 9.08. The smallest absolute Gasteiger partial charge is 0.0366 e. The van der Waals surface area contributed by atoms with E-state index in [2.05, 4.69) is 58.9 Å². The molecule has 2 rings (SSSR count). The molecule has 17 heavy (non-hydrogen) atoms. The van der Waals surface area contributed by atoms with Crippen LogP contribution in [0.3, 0.4) is 0 Å². The van der Waals surface area contributed by atoms with Gasteiger partial charge in [0.05, 0.1) is 0 Å². The van der Waals surface area contributed by atoms with Crippen molar-refractivity contribution in [2.75, 3.05) is 18.0 Å². The molecule has 1 saturated heterocycles. The normalized spacial score (nSPS) is 20.1. The number of halogens is 1. The van der Waals surface area contributed by atoms with Gasteiger partial charge in [-0.05, 0) is 42.4 Å². The zero-order chi connectivity index (χ0) is 12.3. The van der Waals surface area contributed by atoms with Crippen LogP contribution in [0, 0.1) is 5.41 Å². The van der Waals surface area contributed by atoms with Crippen molar-refractivity contribution >= 4 is 21.6 Å². The molecule has 0 aliphatic carbocycles. The molecule has 1 aromatic carbocycles. The summed E-state index contributed by atoms with van der Waals surface area (Å²) in [6, 6.07) is 8.96. The van der Waals surface area contributed by atoms with Crippen molar-refractivity contribution in [1.29, 1.82) is 0 Å². The number of benzene rings is 1. The van der Waals surface area contributed by atoms with Gasteiger partial charge in [0.2, 0.25) is 0 Å². The Hall–Kier alpha value is -0.500. The van der Waals surface area contributed by atoms with Crippen LogP contribution in [0.2, 0.25) is 0 Å². The standard InChI is InChI=1S/C15H22BrN/c1-15(2)8-3-10-17(11-9-15)14-6-4-13(12-16)5-7-14/h4-7H,3,8-12H2,1-2H3. The lowest BCUT2D eigenvalue weighted by Gasteiger charge is -2.25. The first kappa shape index (κ1) is 12.9. The van der Waals surface area contributed by atoms with E-state index in [1.54, 1.807) is 0 Å². The Morgan fingerprint density at radius 2 is 1.82 bits per heavy atom. The molecule has 0 saturated carbocycles. The molecule has 0 aromatic heterocycles. The van der Waals surface area contributed by atoms with Crippen LogP contribution >= 0.6 is 15.9 Å². The first-order valence-corrected chi connectivity index (χ1v) is 7.63. The van der Waals surface area contributed by atoms with E-state index >= 15 is 0 Å². The van der Waals surface area contributed by atoms with Crippen LogP contribution in [0.15, 0.2) is 24.3 Å². The quantitative estimate of drug-likeness (QED) is 0.721. The Morgan fingerprint density at radius 3 is 2.47 bits per heavy atom. The maximum atomic E-state index is 3.49. The van der Waals surface area contributed by atoms with Crippen molar-refractivity contribution in [3.8, 4) is 0 Å². The molecule has 0 radical (unpaired) electrons. The predicted octanol–water partition coefficient (Wildman–Crippen LogP) is 4.60. The number of nitrogens with zero attached hydrogens (tertiary/aromatic N) is 1. The molecular weight excluding hydrogens is 274 g/mol. The minimum atomic E-state index is 0.518. The molecule has 0 atom stereocenters. The molecule has 1 aromatic rings. The predicted molar refractivity (Wildman–Crippen MR) is 78.9 cm³/mol. The van der Waals surface area contributed by atoms with Gasteiger partial charge in [-0.25, -0.2) is 0 Å². The molecule has 0 spiro atoms. The van der Waals surface area contributed by atoms with E-state index in [0.717, 1.165) is 5.33 Å². The van der Waals surface area contributed by atoms with Gasteiger partial charge in [-0.3, -0.25) is 0 Å². The first-order valence-electron chi connectivity index (χ1n) is 6.51. The molecule has 0 N–H and O–H groups in total. The SMILES string of the molecule is CC1(C)CCCN(c2ccc(CBr)cc2)CC1. The van der Waals surface area contributed by atoms with Gasteiger partial charge in [0.1, 0.15) is 0 Å². The first-order chi connectivity index (χ1) is 8.11. The second-order valence-corrected chi connectivity index (χ2v) is 6.37. The van der Waals surface area contributed by atoms with E-state index in [0.29, 0.717) is 5.41 Å². The molecule has 0 bridgehead atoms. The summed E-state index contributed by atoms with van der Waals surface area (Å²) < 4.78 is 0. The maximum Gasteiger partial charge on any atom is 0.0366 e. The third kappa shape index (κ3) is 3.48. The minimum Gasteiger partial charge on any atom is -0.372 e. The molecule has 0 amide bonds. The van der Waals surface area contributed by atoms with Crippen LogP contribution in [0.4, 0.5) is 5.69 Å². The summed E-state index contributed by atoms with van der Waals surface area (Å²) in [5.74, 6) is 0. The molecule has 2 heteroatoms. The van der Waals surface area contributed by atoms with Crippen molar-refractivity contribution < 1.29 is 0 Å². The van der Waals surface area contributed by atoms with Gasteiger partial charge in [-0.15, -0.1) is 0 Å². The average molecular weight is 296 g/mol. The summed E-state index contributed by atoms with van der Waals surface area (Å²) in [4.78, 5) is 2.53. The van der Waals surface area contributed by atoms with Crippen LogP contribution in [0.25, 0.3) is 0 Å². The van der Waals surface area contributed by atoms with Crippen molar-refractivity contribution in [1.82, 2.24) is 0 Å². The van der Waals surface area contributed by atoms with Crippen molar-refractivity contribution in [3.63, 3.8) is 0 Å². The van der Waals surface area contributed by atoms with E-state index in [4.69, 9.17) is 0 Å². The largest absolute Gasteiger partial charge is 0.372 e. The zero-order valence-electron chi connectivity index (χ0n) is 10.9. The Balaban J connectivity index is 2.06. The summed E-state index contributed by atoms with van der Waals surface area (Å²) >= 11 is 3.49. The Labute approximate surface area is 113 Å². The number of hydrogen-bond donors (Lipinski definition) is 0. The molecule has 1 fully saturated rings.